The van der Waals surface area contributed by atoms with Gasteiger partial charge in [-0.1, -0.05) is 19.1 Å². The number of aryl methyl sites for hydroxylation is 1. The highest BCUT2D eigenvalue weighted by molar-refractivity contribution is 7.80. The van der Waals surface area contributed by atoms with E-state index in [9.17, 15) is 4.79 Å². The van der Waals surface area contributed by atoms with Gasteiger partial charge in [0.05, 0.1) is 12.1 Å². The van der Waals surface area contributed by atoms with Crippen LogP contribution in [-0.4, -0.2) is 5.91 Å². The van der Waals surface area contributed by atoms with Crippen molar-refractivity contribution in [2.24, 2.45) is 0 Å². The van der Waals surface area contributed by atoms with E-state index in [2.05, 4.69) is 36.3 Å². The minimum Gasteiger partial charge on any atom is -0.347 e. The molecule has 0 saturated heterocycles. The first-order valence-electron chi connectivity index (χ1n) is 5.83. The zero-order valence-electron chi connectivity index (χ0n) is 10.1. The standard InChI is InChI=1S/C14H15NOS2/c1-2-10-7-8-18-13(10)9-15-14(16)11-5-3-4-6-12(11)17/h3-8,17H,2,9H2,1H3,(H,15,16). The topological polar surface area (TPSA) is 29.1 Å². The zero-order chi connectivity index (χ0) is 13.0. The molecular weight excluding hydrogens is 262 g/mol. The van der Waals surface area contributed by atoms with Gasteiger partial charge in [0.1, 0.15) is 0 Å². The summed E-state index contributed by atoms with van der Waals surface area (Å²) in [6.07, 6.45) is 0.998. The largest absolute Gasteiger partial charge is 0.347 e. The van der Waals surface area contributed by atoms with Gasteiger partial charge in [0.15, 0.2) is 0 Å². The molecule has 0 aliphatic heterocycles. The highest BCUT2D eigenvalue weighted by atomic mass is 32.1. The molecule has 0 radical (unpaired) electrons. The molecule has 18 heavy (non-hydrogen) atoms. The van der Waals surface area contributed by atoms with Gasteiger partial charge in [0.2, 0.25) is 0 Å². The van der Waals surface area contributed by atoms with Gasteiger partial charge in [-0.25, -0.2) is 0 Å². The normalized spacial score (nSPS) is 10.3. The quantitative estimate of drug-likeness (QED) is 0.823. The first-order chi connectivity index (χ1) is 8.72. The van der Waals surface area contributed by atoms with Crippen molar-refractivity contribution in [3.05, 3.63) is 51.7 Å². The van der Waals surface area contributed by atoms with Gasteiger partial charge in [0.25, 0.3) is 5.91 Å². The van der Waals surface area contributed by atoms with Crippen LogP contribution in [0.5, 0.6) is 0 Å². The second kappa shape index (κ2) is 6.07. The molecule has 1 aromatic carbocycles. The molecule has 0 aliphatic rings. The van der Waals surface area contributed by atoms with Crippen molar-refractivity contribution in [3.8, 4) is 0 Å². The van der Waals surface area contributed by atoms with Gasteiger partial charge >= 0.3 is 0 Å². The lowest BCUT2D eigenvalue weighted by molar-refractivity contribution is 0.0948. The van der Waals surface area contributed by atoms with E-state index in [-0.39, 0.29) is 5.91 Å². The van der Waals surface area contributed by atoms with E-state index in [0.29, 0.717) is 17.0 Å². The lowest BCUT2D eigenvalue weighted by Gasteiger charge is -2.07. The third kappa shape index (κ3) is 2.94. The number of carbonyl (C=O) groups is 1. The van der Waals surface area contributed by atoms with Crippen LogP contribution in [0.2, 0.25) is 0 Å². The van der Waals surface area contributed by atoms with E-state index < -0.39 is 0 Å². The molecule has 0 bridgehead atoms. The van der Waals surface area contributed by atoms with Crippen molar-refractivity contribution in [3.63, 3.8) is 0 Å². The third-order valence-electron chi connectivity index (χ3n) is 2.78. The van der Waals surface area contributed by atoms with E-state index in [1.807, 2.05) is 18.2 Å². The monoisotopic (exact) mass is 277 g/mol. The Morgan fingerprint density at radius 1 is 1.33 bits per heavy atom. The van der Waals surface area contributed by atoms with Crippen molar-refractivity contribution < 1.29 is 4.79 Å². The molecule has 0 aliphatic carbocycles. The summed E-state index contributed by atoms with van der Waals surface area (Å²) in [5.74, 6) is -0.0731. The Morgan fingerprint density at radius 2 is 2.11 bits per heavy atom. The Kier molecular flexibility index (Phi) is 4.44. The van der Waals surface area contributed by atoms with Crippen LogP contribution < -0.4 is 5.32 Å². The number of rotatable bonds is 4. The smallest absolute Gasteiger partial charge is 0.252 e. The zero-order valence-corrected chi connectivity index (χ0v) is 11.9. The van der Waals surface area contributed by atoms with E-state index in [1.165, 1.54) is 10.4 Å². The van der Waals surface area contributed by atoms with Crippen LogP contribution >= 0.6 is 24.0 Å². The van der Waals surface area contributed by atoms with Crippen LogP contribution in [0.15, 0.2) is 40.6 Å². The number of thiophene rings is 1. The summed E-state index contributed by atoms with van der Waals surface area (Å²) in [6.45, 7) is 2.71. The van der Waals surface area contributed by atoms with E-state index in [0.717, 1.165) is 6.42 Å². The molecule has 2 rings (SSSR count). The SMILES string of the molecule is CCc1ccsc1CNC(=O)c1ccccc1S. The molecule has 0 spiro atoms. The van der Waals surface area contributed by atoms with Crippen molar-refractivity contribution >= 4 is 29.9 Å². The van der Waals surface area contributed by atoms with Crippen LogP contribution in [0, 0.1) is 0 Å². The number of benzene rings is 1. The molecule has 4 heteroatoms. The van der Waals surface area contributed by atoms with Crippen molar-refractivity contribution in [2.45, 2.75) is 24.8 Å². The second-order valence-electron chi connectivity index (χ2n) is 3.92. The number of hydrogen-bond acceptors (Lipinski definition) is 3. The molecule has 0 unspecified atom stereocenters. The Bertz CT molecular complexity index is 548. The highest BCUT2D eigenvalue weighted by Crippen LogP contribution is 2.18. The van der Waals surface area contributed by atoms with Crippen LogP contribution in [0.1, 0.15) is 27.7 Å². The summed E-state index contributed by atoms with van der Waals surface area (Å²) in [5, 5.41) is 5.00. The summed E-state index contributed by atoms with van der Waals surface area (Å²) in [4.78, 5) is 13.9. The van der Waals surface area contributed by atoms with E-state index in [1.54, 1.807) is 17.4 Å². The number of nitrogens with one attached hydrogen (secondary N) is 1. The predicted molar refractivity (Wildman–Crippen MR) is 78.6 cm³/mol. The lowest BCUT2D eigenvalue weighted by Crippen LogP contribution is -2.23. The number of thiol groups is 1. The molecule has 0 fully saturated rings. The molecule has 2 aromatic rings. The first kappa shape index (κ1) is 13.2. The maximum atomic E-state index is 12.0. The fourth-order valence-electron chi connectivity index (χ4n) is 1.76. The maximum Gasteiger partial charge on any atom is 0.252 e. The number of carbonyl (C=O) groups excluding carboxylic acids is 1. The Hall–Kier alpha value is -1.26. The second-order valence-corrected chi connectivity index (χ2v) is 5.40. The summed E-state index contributed by atoms with van der Waals surface area (Å²) >= 11 is 5.97. The molecule has 2 nitrogen and oxygen atoms in total. The average Bonchev–Trinajstić information content (AvgIpc) is 2.84. The van der Waals surface area contributed by atoms with Gasteiger partial charge in [-0.15, -0.1) is 24.0 Å². The Morgan fingerprint density at radius 3 is 2.83 bits per heavy atom. The lowest BCUT2D eigenvalue weighted by atomic mass is 10.2. The minimum atomic E-state index is -0.0731. The summed E-state index contributed by atoms with van der Waals surface area (Å²) in [7, 11) is 0. The molecule has 94 valence electrons. The third-order valence-corrected chi connectivity index (χ3v) is 4.13. The summed E-state index contributed by atoms with van der Waals surface area (Å²) in [6, 6.07) is 9.43. The van der Waals surface area contributed by atoms with E-state index >= 15 is 0 Å². The fraction of sp³-hybridized carbons (Fsp3) is 0.214. The average molecular weight is 277 g/mol. The molecule has 1 amide bonds. The fourth-order valence-corrected chi connectivity index (χ4v) is 2.94. The van der Waals surface area contributed by atoms with Gasteiger partial charge in [-0.3, -0.25) is 4.79 Å². The molecule has 1 heterocycles. The molecule has 0 atom stereocenters. The summed E-state index contributed by atoms with van der Waals surface area (Å²) in [5.41, 5.74) is 1.93. The highest BCUT2D eigenvalue weighted by Gasteiger charge is 2.09. The summed E-state index contributed by atoms with van der Waals surface area (Å²) < 4.78 is 0. The molecule has 1 N–H and O–H groups in total. The van der Waals surface area contributed by atoms with Crippen molar-refractivity contribution in [1.29, 1.82) is 0 Å². The number of hydrogen-bond donors (Lipinski definition) is 2. The van der Waals surface area contributed by atoms with Crippen molar-refractivity contribution in [2.75, 3.05) is 0 Å². The van der Waals surface area contributed by atoms with Crippen LogP contribution in [-0.2, 0) is 13.0 Å². The van der Waals surface area contributed by atoms with Crippen LogP contribution in [0.25, 0.3) is 0 Å². The van der Waals surface area contributed by atoms with Gasteiger partial charge in [-0.2, -0.15) is 0 Å². The first-order valence-corrected chi connectivity index (χ1v) is 7.16. The number of amides is 1. The maximum absolute atomic E-state index is 12.0. The Balaban J connectivity index is 2.03. The minimum absolute atomic E-state index is 0.0731. The van der Waals surface area contributed by atoms with Gasteiger partial charge in [-0.05, 0) is 35.6 Å². The molecule has 1 aromatic heterocycles. The molecule has 0 saturated carbocycles. The van der Waals surface area contributed by atoms with Crippen LogP contribution in [0.4, 0.5) is 0 Å². The van der Waals surface area contributed by atoms with Crippen LogP contribution in [0.3, 0.4) is 0 Å². The van der Waals surface area contributed by atoms with Gasteiger partial charge in [0, 0.05) is 9.77 Å². The van der Waals surface area contributed by atoms with E-state index in [4.69, 9.17) is 0 Å². The van der Waals surface area contributed by atoms with Gasteiger partial charge < -0.3 is 5.32 Å². The predicted octanol–water partition coefficient (Wildman–Crippen LogP) is 3.53. The molecular formula is C14H15NOS2. The Labute approximate surface area is 116 Å². The van der Waals surface area contributed by atoms with Crippen molar-refractivity contribution in [1.82, 2.24) is 5.32 Å².